The maximum atomic E-state index is 5.35. The van der Waals surface area contributed by atoms with Crippen LogP contribution in [0.3, 0.4) is 0 Å². The highest BCUT2D eigenvalue weighted by Crippen LogP contribution is 2.16. The highest BCUT2D eigenvalue weighted by atomic mass is 32.1. The van der Waals surface area contributed by atoms with Crippen LogP contribution in [0.5, 0.6) is 5.75 Å². The number of methoxy groups -OCH3 is 1. The third kappa shape index (κ3) is 4.74. The second-order valence-electron chi connectivity index (χ2n) is 5.30. The van der Waals surface area contributed by atoms with E-state index >= 15 is 0 Å². The zero-order valence-electron chi connectivity index (χ0n) is 13.3. The smallest absolute Gasteiger partial charge is 0.170 e. The van der Waals surface area contributed by atoms with Crippen molar-refractivity contribution in [3.05, 3.63) is 59.2 Å². The minimum Gasteiger partial charge on any atom is -0.497 e. The van der Waals surface area contributed by atoms with Crippen LogP contribution in [0.2, 0.25) is 0 Å². The standard InChI is InChI=1S/C18H22N2OS/c1-13-4-5-14(2)17(12-13)20-18(22)19-11-10-15-6-8-16(21-3)9-7-15/h4-9,12H,10-11H2,1-3H3,(H2,19,20,22). The maximum absolute atomic E-state index is 5.35. The molecule has 0 aliphatic carbocycles. The molecule has 0 aliphatic rings. The van der Waals surface area contributed by atoms with Crippen molar-refractivity contribution < 1.29 is 4.74 Å². The van der Waals surface area contributed by atoms with Crippen molar-refractivity contribution in [2.45, 2.75) is 20.3 Å². The molecule has 0 atom stereocenters. The van der Waals surface area contributed by atoms with Gasteiger partial charge in [0.25, 0.3) is 0 Å². The number of anilines is 1. The van der Waals surface area contributed by atoms with Gasteiger partial charge >= 0.3 is 0 Å². The van der Waals surface area contributed by atoms with E-state index in [9.17, 15) is 0 Å². The number of thiocarbonyl (C=S) groups is 1. The monoisotopic (exact) mass is 314 g/mol. The average Bonchev–Trinajstić information content (AvgIpc) is 2.51. The number of hydrogen-bond acceptors (Lipinski definition) is 2. The second-order valence-corrected chi connectivity index (χ2v) is 5.71. The van der Waals surface area contributed by atoms with Gasteiger partial charge < -0.3 is 15.4 Å². The van der Waals surface area contributed by atoms with Crippen LogP contribution in [0.1, 0.15) is 16.7 Å². The van der Waals surface area contributed by atoms with Crippen molar-refractivity contribution in [3.63, 3.8) is 0 Å². The topological polar surface area (TPSA) is 33.3 Å². The van der Waals surface area contributed by atoms with Crippen LogP contribution in [0.25, 0.3) is 0 Å². The molecule has 2 N–H and O–H groups in total. The fraction of sp³-hybridized carbons (Fsp3) is 0.278. The molecule has 0 amide bonds. The lowest BCUT2D eigenvalue weighted by atomic mass is 10.1. The van der Waals surface area contributed by atoms with Gasteiger partial charge in [0.05, 0.1) is 7.11 Å². The molecule has 0 fully saturated rings. The Kier molecular flexibility index (Phi) is 5.78. The summed E-state index contributed by atoms with van der Waals surface area (Å²) in [5.74, 6) is 0.879. The van der Waals surface area contributed by atoms with Gasteiger partial charge in [-0.05, 0) is 67.4 Å². The van der Waals surface area contributed by atoms with Gasteiger partial charge in [-0.3, -0.25) is 0 Å². The van der Waals surface area contributed by atoms with E-state index in [4.69, 9.17) is 17.0 Å². The van der Waals surface area contributed by atoms with Gasteiger partial charge in [0.15, 0.2) is 5.11 Å². The Hall–Kier alpha value is -2.07. The summed E-state index contributed by atoms with van der Waals surface area (Å²) in [7, 11) is 1.67. The Morgan fingerprint density at radius 1 is 1.09 bits per heavy atom. The number of aryl methyl sites for hydroxylation is 2. The van der Waals surface area contributed by atoms with Gasteiger partial charge in [-0.2, -0.15) is 0 Å². The molecule has 2 aromatic rings. The Balaban J connectivity index is 1.81. The zero-order chi connectivity index (χ0) is 15.9. The van der Waals surface area contributed by atoms with E-state index in [0.717, 1.165) is 24.4 Å². The predicted octanol–water partition coefficient (Wildman–Crippen LogP) is 3.84. The van der Waals surface area contributed by atoms with Crippen molar-refractivity contribution in [2.75, 3.05) is 19.0 Å². The third-order valence-corrected chi connectivity index (χ3v) is 3.75. The molecule has 0 saturated carbocycles. The van der Waals surface area contributed by atoms with Crippen LogP contribution in [-0.2, 0) is 6.42 Å². The number of ether oxygens (including phenoxy) is 1. The highest BCUT2D eigenvalue weighted by molar-refractivity contribution is 7.80. The lowest BCUT2D eigenvalue weighted by molar-refractivity contribution is 0.414. The molecule has 22 heavy (non-hydrogen) atoms. The Bertz CT molecular complexity index is 638. The Morgan fingerprint density at radius 3 is 2.50 bits per heavy atom. The van der Waals surface area contributed by atoms with E-state index < -0.39 is 0 Å². The molecule has 116 valence electrons. The van der Waals surface area contributed by atoms with Crippen molar-refractivity contribution in [1.82, 2.24) is 5.32 Å². The first kappa shape index (κ1) is 16.3. The van der Waals surface area contributed by atoms with Gasteiger partial charge in [0, 0.05) is 12.2 Å². The third-order valence-electron chi connectivity index (χ3n) is 3.50. The summed E-state index contributed by atoms with van der Waals surface area (Å²) in [6.45, 7) is 4.94. The molecule has 0 radical (unpaired) electrons. The van der Waals surface area contributed by atoms with E-state index in [1.807, 2.05) is 12.1 Å². The summed E-state index contributed by atoms with van der Waals surface area (Å²) in [4.78, 5) is 0. The Morgan fingerprint density at radius 2 is 1.82 bits per heavy atom. The first-order chi connectivity index (χ1) is 10.6. The lowest BCUT2D eigenvalue weighted by Gasteiger charge is -2.13. The van der Waals surface area contributed by atoms with Crippen molar-refractivity contribution in [2.24, 2.45) is 0 Å². The van der Waals surface area contributed by atoms with Gasteiger partial charge in [-0.15, -0.1) is 0 Å². The minimum absolute atomic E-state index is 0.655. The van der Waals surface area contributed by atoms with Crippen LogP contribution in [0.15, 0.2) is 42.5 Å². The molecule has 0 bridgehead atoms. The molecule has 2 rings (SSSR count). The van der Waals surface area contributed by atoms with Gasteiger partial charge in [0.1, 0.15) is 5.75 Å². The van der Waals surface area contributed by atoms with Gasteiger partial charge in [-0.25, -0.2) is 0 Å². The fourth-order valence-corrected chi connectivity index (χ4v) is 2.36. The predicted molar refractivity (Wildman–Crippen MR) is 96.8 cm³/mol. The van der Waals surface area contributed by atoms with Crippen LogP contribution < -0.4 is 15.4 Å². The highest BCUT2D eigenvalue weighted by Gasteiger charge is 2.02. The average molecular weight is 314 g/mol. The van der Waals surface area contributed by atoms with E-state index in [1.165, 1.54) is 16.7 Å². The minimum atomic E-state index is 0.655. The van der Waals surface area contributed by atoms with Crippen LogP contribution >= 0.6 is 12.2 Å². The molecular formula is C18H22N2OS. The number of nitrogens with one attached hydrogen (secondary N) is 2. The largest absolute Gasteiger partial charge is 0.497 e. The summed E-state index contributed by atoms with van der Waals surface area (Å²) in [5, 5.41) is 7.15. The summed E-state index contributed by atoms with van der Waals surface area (Å²) >= 11 is 5.35. The molecule has 0 aliphatic heterocycles. The first-order valence-electron chi connectivity index (χ1n) is 7.33. The molecule has 0 spiro atoms. The fourth-order valence-electron chi connectivity index (χ4n) is 2.15. The van der Waals surface area contributed by atoms with E-state index in [0.29, 0.717) is 5.11 Å². The molecule has 3 nitrogen and oxygen atoms in total. The van der Waals surface area contributed by atoms with Crippen molar-refractivity contribution in [1.29, 1.82) is 0 Å². The van der Waals surface area contributed by atoms with Gasteiger partial charge in [0.2, 0.25) is 0 Å². The van der Waals surface area contributed by atoms with Crippen LogP contribution in [0, 0.1) is 13.8 Å². The SMILES string of the molecule is COc1ccc(CCNC(=S)Nc2cc(C)ccc2C)cc1. The van der Waals surface area contributed by atoms with Crippen LogP contribution in [-0.4, -0.2) is 18.8 Å². The molecule has 0 aromatic heterocycles. The number of hydrogen-bond donors (Lipinski definition) is 2. The number of rotatable bonds is 5. The number of benzene rings is 2. The molecule has 2 aromatic carbocycles. The van der Waals surface area contributed by atoms with Crippen LogP contribution in [0.4, 0.5) is 5.69 Å². The summed E-state index contributed by atoms with van der Waals surface area (Å²) < 4.78 is 5.15. The van der Waals surface area contributed by atoms with Crippen molar-refractivity contribution >= 4 is 23.0 Å². The quantitative estimate of drug-likeness (QED) is 0.822. The summed E-state index contributed by atoms with van der Waals surface area (Å²) in [6, 6.07) is 14.4. The summed E-state index contributed by atoms with van der Waals surface area (Å²) in [6.07, 6.45) is 0.915. The zero-order valence-corrected chi connectivity index (χ0v) is 14.1. The second kappa shape index (κ2) is 7.80. The lowest BCUT2D eigenvalue weighted by Crippen LogP contribution is -2.30. The van der Waals surface area contributed by atoms with E-state index in [-0.39, 0.29) is 0 Å². The normalized spacial score (nSPS) is 10.1. The summed E-state index contributed by atoms with van der Waals surface area (Å²) in [5.41, 5.74) is 4.71. The van der Waals surface area contributed by atoms with Gasteiger partial charge in [-0.1, -0.05) is 24.3 Å². The molecular weight excluding hydrogens is 292 g/mol. The van der Waals surface area contributed by atoms with Crippen molar-refractivity contribution in [3.8, 4) is 5.75 Å². The Labute approximate surface area is 137 Å². The van der Waals surface area contributed by atoms with E-state index in [2.05, 4.69) is 54.8 Å². The molecule has 0 saturated heterocycles. The maximum Gasteiger partial charge on any atom is 0.170 e. The molecule has 0 heterocycles. The molecule has 4 heteroatoms. The molecule has 0 unspecified atom stereocenters. The van der Waals surface area contributed by atoms with E-state index in [1.54, 1.807) is 7.11 Å². The first-order valence-corrected chi connectivity index (χ1v) is 7.74.